The third kappa shape index (κ3) is 3.62. The molecule has 1 aliphatic carbocycles. The van der Waals surface area contributed by atoms with Crippen molar-refractivity contribution in [3.63, 3.8) is 0 Å². The first-order valence-corrected chi connectivity index (χ1v) is 11.4. The summed E-state index contributed by atoms with van der Waals surface area (Å²) in [5, 5.41) is 6.94. The average Bonchev–Trinajstić information content (AvgIpc) is 3.24. The van der Waals surface area contributed by atoms with Crippen molar-refractivity contribution in [2.45, 2.75) is 46.1 Å². The molecule has 5 rings (SSSR count). The Morgan fingerprint density at radius 2 is 1.72 bits per heavy atom. The van der Waals surface area contributed by atoms with E-state index in [2.05, 4.69) is 67.8 Å². The van der Waals surface area contributed by atoms with Gasteiger partial charge >= 0.3 is 0 Å². The highest BCUT2D eigenvalue weighted by molar-refractivity contribution is 6.04. The summed E-state index contributed by atoms with van der Waals surface area (Å²) in [7, 11) is 0. The summed E-state index contributed by atoms with van der Waals surface area (Å²) in [5.74, 6) is 0.761. The van der Waals surface area contributed by atoms with Gasteiger partial charge in [-0.3, -0.25) is 4.79 Å². The third-order valence-electron chi connectivity index (χ3n) is 6.95. The molecule has 0 spiro atoms. The Balaban J connectivity index is 1.47. The largest absolute Gasteiger partial charge is 0.378 e. The van der Waals surface area contributed by atoms with Crippen LogP contribution >= 0.6 is 0 Å². The molecule has 1 heterocycles. The number of hydrogen-bond donors (Lipinski definition) is 2. The molecule has 0 fully saturated rings. The lowest BCUT2D eigenvalue weighted by atomic mass is 9.75. The van der Waals surface area contributed by atoms with Crippen LogP contribution in [0.5, 0.6) is 0 Å². The van der Waals surface area contributed by atoms with Crippen molar-refractivity contribution in [2.24, 2.45) is 5.92 Å². The quantitative estimate of drug-likeness (QED) is 0.446. The molecule has 3 aromatic rings. The summed E-state index contributed by atoms with van der Waals surface area (Å²) >= 11 is 0. The molecule has 0 bridgehead atoms. The molecule has 0 saturated carbocycles. The molecule has 0 radical (unpaired) electrons. The second-order valence-electron chi connectivity index (χ2n) is 9.41. The Hall–Kier alpha value is -3.33. The number of anilines is 2. The van der Waals surface area contributed by atoms with Crippen molar-refractivity contribution in [2.75, 3.05) is 10.6 Å². The van der Waals surface area contributed by atoms with E-state index in [4.69, 9.17) is 0 Å². The summed E-state index contributed by atoms with van der Waals surface area (Å²) in [4.78, 5) is 12.8. The number of carbonyl (C=O) groups is 1. The standard InChI is InChI=1S/C29H30N2O/c1-17-7-5-8-21(15-17)29(32)30-22-11-12-26-25(16-22)23-9-6-10-24(23)28(31-26)27-19(3)13-18(2)14-20(27)4/h5-9,11-16,23-24,28,31H,10H2,1-4H3,(H,30,32). The molecule has 3 aromatic carbocycles. The van der Waals surface area contributed by atoms with Gasteiger partial charge in [-0.2, -0.15) is 0 Å². The lowest BCUT2D eigenvalue weighted by Crippen LogP contribution is -2.30. The van der Waals surface area contributed by atoms with Gasteiger partial charge in [-0.05, 0) is 92.6 Å². The van der Waals surface area contributed by atoms with Crippen LogP contribution in [0.4, 0.5) is 11.4 Å². The fourth-order valence-electron chi connectivity index (χ4n) is 5.63. The minimum atomic E-state index is -0.0697. The number of aryl methyl sites for hydroxylation is 4. The number of rotatable bonds is 3. The minimum Gasteiger partial charge on any atom is -0.378 e. The van der Waals surface area contributed by atoms with Gasteiger partial charge in [0.1, 0.15) is 0 Å². The van der Waals surface area contributed by atoms with Gasteiger partial charge in [0, 0.05) is 22.9 Å². The zero-order valence-electron chi connectivity index (χ0n) is 19.2. The zero-order chi connectivity index (χ0) is 22.4. The smallest absolute Gasteiger partial charge is 0.255 e. The Morgan fingerprint density at radius 3 is 2.47 bits per heavy atom. The van der Waals surface area contributed by atoms with Gasteiger partial charge in [-0.25, -0.2) is 0 Å². The van der Waals surface area contributed by atoms with Crippen molar-refractivity contribution >= 4 is 17.3 Å². The van der Waals surface area contributed by atoms with Gasteiger partial charge in [-0.15, -0.1) is 0 Å². The van der Waals surface area contributed by atoms with E-state index in [1.165, 1.54) is 27.8 Å². The number of carbonyl (C=O) groups excluding carboxylic acids is 1. The summed E-state index contributed by atoms with van der Waals surface area (Å²) in [6.45, 7) is 8.63. The number of amides is 1. The molecule has 2 aliphatic rings. The minimum absolute atomic E-state index is 0.0697. The molecule has 2 N–H and O–H groups in total. The molecule has 3 unspecified atom stereocenters. The Kier molecular flexibility index (Phi) is 5.13. The van der Waals surface area contributed by atoms with Gasteiger partial charge in [0.25, 0.3) is 5.91 Å². The molecule has 1 aliphatic heterocycles. The van der Waals surface area contributed by atoms with Crippen molar-refractivity contribution in [3.05, 3.63) is 106 Å². The highest BCUT2D eigenvalue weighted by Crippen LogP contribution is 2.51. The van der Waals surface area contributed by atoms with Gasteiger partial charge in [0.05, 0.1) is 6.04 Å². The fraction of sp³-hybridized carbons (Fsp3) is 0.276. The summed E-state index contributed by atoms with van der Waals surface area (Å²) < 4.78 is 0. The van der Waals surface area contributed by atoms with Crippen LogP contribution < -0.4 is 10.6 Å². The number of nitrogens with one attached hydrogen (secondary N) is 2. The molecular formula is C29H30N2O. The molecule has 0 aromatic heterocycles. The van der Waals surface area contributed by atoms with E-state index in [0.717, 1.165) is 23.4 Å². The highest BCUT2D eigenvalue weighted by atomic mass is 16.1. The van der Waals surface area contributed by atoms with Gasteiger partial charge < -0.3 is 10.6 Å². The van der Waals surface area contributed by atoms with Gasteiger partial charge in [0.2, 0.25) is 0 Å². The Bertz CT molecular complexity index is 1220. The van der Waals surface area contributed by atoms with Gasteiger partial charge in [-0.1, -0.05) is 47.5 Å². The SMILES string of the molecule is Cc1cccc(C(=O)Nc2ccc3c(c2)C2C=CCC2C(c2c(C)cc(C)cc2C)N3)c1. The predicted molar refractivity (Wildman–Crippen MR) is 133 cm³/mol. The van der Waals surface area contributed by atoms with E-state index in [9.17, 15) is 4.79 Å². The van der Waals surface area contributed by atoms with Crippen molar-refractivity contribution in [1.29, 1.82) is 0 Å². The normalized spacial score (nSPS) is 20.9. The van der Waals surface area contributed by atoms with Crippen LogP contribution in [-0.2, 0) is 0 Å². The van der Waals surface area contributed by atoms with Crippen LogP contribution in [0.15, 0.2) is 66.7 Å². The first-order valence-electron chi connectivity index (χ1n) is 11.4. The van der Waals surface area contributed by atoms with E-state index in [-0.39, 0.29) is 11.9 Å². The fourth-order valence-corrected chi connectivity index (χ4v) is 5.63. The molecule has 3 heteroatoms. The maximum atomic E-state index is 12.8. The topological polar surface area (TPSA) is 41.1 Å². The molecule has 1 amide bonds. The van der Waals surface area contributed by atoms with E-state index in [1.54, 1.807) is 0 Å². The average molecular weight is 423 g/mol. The molecular weight excluding hydrogens is 392 g/mol. The monoisotopic (exact) mass is 422 g/mol. The summed E-state index contributed by atoms with van der Waals surface area (Å²) in [5.41, 5.74) is 10.5. The Labute approximate surface area is 190 Å². The third-order valence-corrected chi connectivity index (χ3v) is 6.95. The second-order valence-corrected chi connectivity index (χ2v) is 9.41. The van der Waals surface area contributed by atoms with Crippen LogP contribution in [-0.4, -0.2) is 5.91 Å². The van der Waals surface area contributed by atoms with Crippen molar-refractivity contribution in [3.8, 4) is 0 Å². The van der Waals surface area contributed by atoms with E-state index < -0.39 is 0 Å². The van der Waals surface area contributed by atoms with Crippen LogP contribution in [0.2, 0.25) is 0 Å². The van der Waals surface area contributed by atoms with E-state index in [1.807, 2.05) is 37.3 Å². The van der Waals surface area contributed by atoms with Crippen LogP contribution in [0.3, 0.4) is 0 Å². The predicted octanol–water partition coefficient (Wildman–Crippen LogP) is 7.00. The number of allylic oxidation sites excluding steroid dienone is 2. The zero-order valence-corrected chi connectivity index (χ0v) is 19.2. The summed E-state index contributed by atoms with van der Waals surface area (Å²) in [6, 6.07) is 18.8. The maximum absolute atomic E-state index is 12.8. The number of fused-ring (bicyclic) bond motifs is 3. The number of benzene rings is 3. The maximum Gasteiger partial charge on any atom is 0.255 e. The highest BCUT2D eigenvalue weighted by Gasteiger charge is 2.39. The molecule has 32 heavy (non-hydrogen) atoms. The first kappa shape index (κ1) is 20.6. The first-order chi connectivity index (χ1) is 15.4. The van der Waals surface area contributed by atoms with Crippen LogP contribution in [0.1, 0.15) is 62.1 Å². The van der Waals surface area contributed by atoms with E-state index in [0.29, 0.717) is 17.4 Å². The summed E-state index contributed by atoms with van der Waals surface area (Å²) in [6.07, 6.45) is 5.73. The van der Waals surface area contributed by atoms with Gasteiger partial charge in [0.15, 0.2) is 0 Å². The van der Waals surface area contributed by atoms with Crippen LogP contribution in [0.25, 0.3) is 0 Å². The Morgan fingerprint density at radius 1 is 0.938 bits per heavy atom. The molecule has 0 saturated heterocycles. The molecule has 162 valence electrons. The lowest BCUT2D eigenvalue weighted by Gasteiger charge is -2.39. The van der Waals surface area contributed by atoms with E-state index >= 15 is 0 Å². The number of hydrogen-bond acceptors (Lipinski definition) is 2. The van der Waals surface area contributed by atoms with Crippen molar-refractivity contribution in [1.82, 2.24) is 0 Å². The van der Waals surface area contributed by atoms with Crippen molar-refractivity contribution < 1.29 is 4.79 Å². The lowest BCUT2D eigenvalue weighted by molar-refractivity contribution is 0.102. The van der Waals surface area contributed by atoms with Crippen LogP contribution in [0, 0.1) is 33.6 Å². The molecule has 3 atom stereocenters. The second kappa shape index (κ2) is 7.98. The molecule has 3 nitrogen and oxygen atoms in total.